The zero-order chi connectivity index (χ0) is 13.8. The Hall–Kier alpha value is -2.76. The molecule has 2 aromatic rings. The SMILES string of the molecule is Cc1cc(N=Nc2cccc([N+](=O)[O-])c2)ccc1O. The minimum atomic E-state index is -0.482. The Bertz CT molecular complexity index is 653. The number of hydrogen-bond donors (Lipinski definition) is 1. The van der Waals surface area contributed by atoms with Gasteiger partial charge in [0, 0.05) is 12.1 Å². The highest BCUT2D eigenvalue weighted by Gasteiger charge is 2.04. The van der Waals surface area contributed by atoms with E-state index in [1.807, 2.05) is 0 Å². The Kier molecular flexibility index (Phi) is 3.51. The molecular formula is C13H11N3O3. The van der Waals surface area contributed by atoms with Crippen LogP contribution >= 0.6 is 0 Å². The van der Waals surface area contributed by atoms with Crippen molar-refractivity contribution in [3.05, 3.63) is 58.1 Å². The zero-order valence-corrected chi connectivity index (χ0v) is 10.1. The van der Waals surface area contributed by atoms with E-state index in [0.717, 1.165) is 0 Å². The van der Waals surface area contributed by atoms with Crippen LogP contribution in [0.15, 0.2) is 52.7 Å². The topological polar surface area (TPSA) is 88.1 Å². The summed E-state index contributed by atoms with van der Waals surface area (Å²) in [6, 6.07) is 10.7. The molecule has 0 atom stereocenters. The minimum Gasteiger partial charge on any atom is -0.508 e. The lowest BCUT2D eigenvalue weighted by molar-refractivity contribution is -0.384. The normalized spacial score (nSPS) is 10.8. The highest BCUT2D eigenvalue weighted by molar-refractivity contribution is 5.48. The predicted octanol–water partition coefficient (Wildman–Crippen LogP) is 4.02. The number of phenols is 1. The number of non-ortho nitro benzene ring substituents is 1. The Morgan fingerprint density at radius 3 is 2.42 bits per heavy atom. The van der Waals surface area contributed by atoms with Crippen LogP contribution in [-0.4, -0.2) is 10.0 Å². The van der Waals surface area contributed by atoms with Crippen LogP contribution in [0, 0.1) is 17.0 Å². The van der Waals surface area contributed by atoms with Crippen molar-refractivity contribution in [1.29, 1.82) is 0 Å². The maximum atomic E-state index is 10.6. The Morgan fingerprint density at radius 1 is 1.11 bits per heavy atom. The molecule has 0 radical (unpaired) electrons. The first-order valence-electron chi connectivity index (χ1n) is 5.52. The monoisotopic (exact) mass is 257 g/mol. The van der Waals surface area contributed by atoms with Gasteiger partial charge in [-0.05, 0) is 36.8 Å². The van der Waals surface area contributed by atoms with Crippen molar-refractivity contribution in [2.24, 2.45) is 10.2 Å². The van der Waals surface area contributed by atoms with Gasteiger partial charge in [-0.25, -0.2) is 0 Å². The summed E-state index contributed by atoms with van der Waals surface area (Å²) in [6.07, 6.45) is 0. The second kappa shape index (κ2) is 5.26. The summed E-state index contributed by atoms with van der Waals surface area (Å²) in [5, 5.41) is 27.9. The van der Waals surface area contributed by atoms with E-state index in [0.29, 0.717) is 16.9 Å². The molecule has 0 spiro atoms. The van der Waals surface area contributed by atoms with E-state index in [1.165, 1.54) is 18.2 Å². The summed E-state index contributed by atoms with van der Waals surface area (Å²) >= 11 is 0. The molecule has 0 heterocycles. The molecule has 0 aliphatic carbocycles. The minimum absolute atomic E-state index is 0.0293. The maximum Gasteiger partial charge on any atom is 0.271 e. The van der Waals surface area contributed by atoms with Crippen LogP contribution in [0.3, 0.4) is 0 Å². The van der Waals surface area contributed by atoms with Gasteiger partial charge >= 0.3 is 0 Å². The van der Waals surface area contributed by atoms with E-state index in [9.17, 15) is 15.2 Å². The van der Waals surface area contributed by atoms with Crippen LogP contribution in [0.4, 0.5) is 17.1 Å². The van der Waals surface area contributed by atoms with Crippen LogP contribution in [-0.2, 0) is 0 Å². The highest BCUT2D eigenvalue weighted by atomic mass is 16.6. The molecule has 0 unspecified atom stereocenters. The van der Waals surface area contributed by atoms with Gasteiger partial charge in [0.25, 0.3) is 5.69 Å². The number of rotatable bonds is 3. The Morgan fingerprint density at radius 2 is 1.79 bits per heavy atom. The summed E-state index contributed by atoms with van der Waals surface area (Å²) in [5.74, 6) is 0.189. The van der Waals surface area contributed by atoms with E-state index in [1.54, 1.807) is 31.2 Å². The van der Waals surface area contributed by atoms with Crippen molar-refractivity contribution in [2.45, 2.75) is 6.92 Å². The lowest BCUT2D eigenvalue weighted by Crippen LogP contribution is -1.85. The van der Waals surface area contributed by atoms with Gasteiger partial charge in [-0.15, -0.1) is 0 Å². The molecule has 6 nitrogen and oxygen atoms in total. The summed E-state index contributed by atoms with van der Waals surface area (Å²) in [4.78, 5) is 10.1. The molecule has 0 fully saturated rings. The quantitative estimate of drug-likeness (QED) is 0.511. The maximum absolute atomic E-state index is 10.6. The highest BCUT2D eigenvalue weighted by Crippen LogP contribution is 2.25. The van der Waals surface area contributed by atoms with Gasteiger partial charge in [-0.3, -0.25) is 10.1 Å². The van der Waals surface area contributed by atoms with Crippen molar-refractivity contribution < 1.29 is 10.0 Å². The van der Waals surface area contributed by atoms with Crippen molar-refractivity contribution in [3.8, 4) is 5.75 Å². The number of hydrogen-bond acceptors (Lipinski definition) is 5. The number of nitro benzene ring substituents is 1. The number of nitrogens with zero attached hydrogens (tertiary/aromatic N) is 3. The Labute approximate surface area is 109 Å². The smallest absolute Gasteiger partial charge is 0.271 e. The molecule has 19 heavy (non-hydrogen) atoms. The average molecular weight is 257 g/mol. The second-order valence-electron chi connectivity index (χ2n) is 3.95. The lowest BCUT2D eigenvalue weighted by Gasteiger charge is -1.98. The third-order valence-corrected chi connectivity index (χ3v) is 2.50. The number of aryl methyl sites for hydroxylation is 1. The number of benzene rings is 2. The average Bonchev–Trinajstić information content (AvgIpc) is 2.40. The van der Waals surface area contributed by atoms with Crippen molar-refractivity contribution in [3.63, 3.8) is 0 Å². The summed E-state index contributed by atoms with van der Waals surface area (Å²) in [6.45, 7) is 1.75. The standard InChI is InChI=1S/C13H11N3O3/c1-9-7-11(5-6-13(9)17)15-14-10-3-2-4-12(8-10)16(18)19/h2-8,17H,1H3. The van der Waals surface area contributed by atoms with Gasteiger partial charge in [-0.2, -0.15) is 10.2 Å². The molecule has 0 amide bonds. The van der Waals surface area contributed by atoms with E-state index in [2.05, 4.69) is 10.2 Å². The van der Waals surface area contributed by atoms with Crippen LogP contribution in [0.2, 0.25) is 0 Å². The fourth-order valence-electron chi connectivity index (χ4n) is 1.49. The molecular weight excluding hydrogens is 246 g/mol. The molecule has 2 rings (SSSR count). The van der Waals surface area contributed by atoms with E-state index < -0.39 is 4.92 Å². The molecule has 6 heteroatoms. The fourth-order valence-corrected chi connectivity index (χ4v) is 1.49. The van der Waals surface area contributed by atoms with Gasteiger partial charge < -0.3 is 5.11 Å². The van der Waals surface area contributed by atoms with Gasteiger partial charge in [0.05, 0.1) is 16.3 Å². The molecule has 1 N–H and O–H groups in total. The third kappa shape index (κ3) is 3.12. The molecule has 0 saturated heterocycles. The molecule has 2 aromatic carbocycles. The molecule has 0 aliphatic rings. The number of nitro groups is 1. The predicted molar refractivity (Wildman–Crippen MR) is 70.1 cm³/mol. The largest absolute Gasteiger partial charge is 0.508 e. The Balaban J connectivity index is 2.24. The number of aromatic hydroxyl groups is 1. The van der Waals surface area contributed by atoms with Crippen molar-refractivity contribution in [2.75, 3.05) is 0 Å². The molecule has 0 saturated carbocycles. The first-order chi connectivity index (χ1) is 9.06. The third-order valence-electron chi connectivity index (χ3n) is 2.50. The van der Waals surface area contributed by atoms with Gasteiger partial charge in [0.1, 0.15) is 5.75 Å². The molecule has 0 bridgehead atoms. The molecule has 96 valence electrons. The van der Waals surface area contributed by atoms with E-state index in [4.69, 9.17) is 0 Å². The summed E-state index contributed by atoms with van der Waals surface area (Å²) < 4.78 is 0. The van der Waals surface area contributed by atoms with Crippen molar-refractivity contribution in [1.82, 2.24) is 0 Å². The summed E-state index contributed by atoms with van der Waals surface area (Å²) in [7, 11) is 0. The summed E-state index contributed by atoms with van der Waals surface area (Å²) in [5.41, 5.74) is 1.63. The zero-order valence-electron chi connectivity index (χ0n) is 10.1. The van der Waals surface area contributed by atoms with Gasteiger partial charge in [0.15, 0.2) is 0 Å². The lowest BCUT2D eigenvalue weighted by atomic mass is 10.2. The van der Waals surface area contributed by atoms with Gasteiger partial charge in [-0.1, -0.05) is 6.07 Å². The second-order valence-corrected chi connectivity index (χ2v) is 3.95. The fraction of sp³-hybridized carbons (Fsp3) is 0.0769. The molecule has 0 aliphatic heterocycles. The van der Waals surface area contributed by atoms with Crippen molar-refractivity contribution >= 4 is 17.1 Å². The number of azo groups is 1. The van der Waals surface area contributed by atoms with Crippen LogP contribution < -0.4 is 0 Å². The first-order valence-corrected chi connectivity index (χ1v) is 5.52. The van der Waals surface area contributed by atoms with Gasteiger partial charge in [0.2, 0.25) is 0 Å². The van der Waals surface area contributed by atoms with E-state index in [-0.39, 0.29) is 11.4 Å². The van der Waals surface area contributed by atoms with Crippen LogP contribution in [0.25, 0.3) is 0 Å². The number of phenolic OH excluding ortho intramolecular Hbond substituents is 1. The van der Waals surface area contributed by atoms with E-state index >= 15 is 0 Å². The first kappa shape index (κ1) is 12.7. The van der Waals surface area contributed by atoms with Crippen LogP contribution in [0.1, 0.15) is 5.56 Å². The van der Waals surface area contributed by atoms with Crippen LogP contribution in [0.5, 0.6) is 5.75 Å². The molecule has 0 aromatic heterocycles.